The lowest BCUT2D eigenvalue weighted by Crippen LogP contribution is -1.97. The summed E-state index contributed by atoms with van der Waals surface area (Å²) >= 11 is 0. The van der Waals surface area contributed by atoms with Crippen LogP contribution in [0.1, 0.15) is 0 Å². The molecule has 10 rings (SSSR count). The fraction of sp³-hybridized carbons (Fsp3) is 0. The average molecular weight is 687 g/mol. The summed E-state index contributed by atoms with van der Waals surface area (Å²) in [6.07, 6.45) is 0. The van der Waals surface area contributed by atoms with Crippen LogP contribution in [0.3, 0.4) is 0 Å². The summed E-state index contributed by atoms with van der Waals surface area (Å²) < 4.78 is 0. The van der Waals surface area contributed by atoms with Crippen molar-refractivity contribution in [3.05, 3.63) is 206 Å². The maximum Gasteiger partial charge on any atom is 0.160 e. The molecule has 2 heteroatoms. The quantitative estimate of drug-likeness (QED) is 0.129. The maximum atomic E-state index is 5.27. The summed E-state index contributed by atoms with van der Waals surface area (Å²) in [4.78, 5) is 10.5. The first kappa shape index (κ1) is 31.6. The van der Waals surface area contributed by atoms with Gasteiger partial charge in [-0.1, -0.05) is 182 Å². The number of hydrogen-bond acceptors (Lipinski definition) is 2. The van der Waals surface area contributed by atoms with Crippen LogP contribution in [0.25, 0.3) is 99.6 Å². The molecule has 1 heterocycles. The standard InChI is InChI=1S/C52H34N2/c1-4-15-35(16-5-1)39-28-29-45(47(32-39)36-17-6-2-7-18-36)50-34-49(53-52(54-50)38-20-8-3-9-21-38)41-23-14-24-42(31-41)51-44-26-13-11-22-40(44)33-48-43-25-12-10-19-37(43)27-30-46(48)51/h1-34H. The predicted octanol–water partition coefficient (Wildman–Crippen LogP) is 13.9. The first-order valence-corrected chi connectivity index (χ1v) is 18.4. The molecule has 10 aromatic rings. The molecule has 9 aromatic carbocycles. The van der Waals surface area contributed by atoms with Gasteiger partial charge < -0.3 is 0 Å². The Labute approximate surface area is 314 Å². The van der Waals surface area contributed by atoms with E-state index in [-0.39, 0.29) is 0 Å². The van der Waals surface area contributed by atoms with Crippen LogP contribution in [0, 0.1) is 0 Å². The Morgan fingerprint density at radius 1 is 0.259 bits per heavy atom. The molecule has 0 aliphatic heterocycles. The summed E-state index contributed by atoms with van der Waals surface area (Å²) in [5, 5.41) is 7.47. The van der Waals surface area contributed by atoms with Crippen LogP contribution in [-0.2, 0) is 0 Å². The van der Waals surface area contributed by atoms with E-state index in [0.717, 1.165) is 44.8 Å². The largest absolute Gasteiger partial charge is 0.228 e. The van der Waals surface area contributed by atoms with Crippen molar-refractivity contribution in [3.8, 4) is 67.3 Å². The van der Waals surface area contributed by atoms with Crippen LogP contribution in [0.4, 0.5) is 0 Å². The predicted molar refractivity (Wildman–Crippen MR) is 227 cm³/mol. The van der Waals surface area contributed by atoms with E-state index in [9.17, 15) is 0 Å². The second-order valence-corrected chi connectivity index (χ2v) is 13.8. The van der Waals surface area contributed by atoms with Crippen molar-refractivity contribution >= 4 is 32.3 Å². The molecular weight excluding hydrogens is 653 g/mol. The molecule has 0 aliphatic rings. The molecule has 0 radical (unpaired) electrons. The van der Waals surface area contributed by atoms with E-state index in [1.54, 1.807) is 0 Å². The van der Waals surface area contributed by atoms with Gasteiger partial charge in [0.15, 0.2) is 5.82 Å². The number of benzene rings is 9. The Morgan fingerprint density at radius 3 is 1.65 bits per heavy atom. The zero-order valence-electron chi connectivity index (χ0n) is 29.5. The van der Waals surface area contributed by atoms with Gasteiger partial charge in [0.25, 0.3) is 0 Å². The summed E-state index contributed by atoms with van der Waals surface area (Å²) in [5.74, 6) is 0.696. The smallest absolute Gasteiger partial charge is 0.160 e. The third-order valence-electron chi connectivity index (χ3n) is 10.5. The SMILES string of the molecule is c1ccc(-c2ccc(-c3cc(-c4cccc(-c5c6ccccc6cc6c5ccc5ccccc56)c4)nc(-c4ccccc4)n3)c(-c3ccccc3)c2)cc1. The summed E-state index contributed by atoms with van der Waals surface area (Å²) in [6, 6.07) is 73.5. The highest BCUT2D eigenvalue weighted by molar-refractivity contribution is 6.20. The third-order valence-corrected chi connectivity index (χ3v) is 10.5. The second-order valence-electron chi connectivity index (χ2n) is 13.8. The first-order chi connectivity index (χ1) is 26.8. The van der Waals surface area contributed by atoms with E-state index in [0.29, 0.717) is 5.82 Å². The van der Waals surface area contributed by atoms with Crippen molar-refractivity contribution in [2.24, 2.45) is 0 Å². The van der Waals surface area contributed by atoms with Crippen molar-refractivity contribution in [2.45, 2.75) is 0 Å². The molecule has 1 aromatic heterocycles. The van der Waals surface area contributed by atoms with Gasteiger partial charge in [0.1, 0.15) is 0 Å². The molecule has 0 spiro atoms. The monoisotopic (exact) mass is 686 g/mol. The number of aromatic nitrogens is 2. The highest BCUT2D eigenvalue weighted by Gasteiger charge is 2.17. The maximum absolute atomic E-state index is 5.27. The number of nitrogens with zero attached hydrogens (tertiary/aromatic N) is 2. The van der Waals surface area contributed by atoms with E-state index in [1.165, 1.54) is 49.0 Å². The molecule has 0 fully saturated rings. The van der Waals surface area contributed by atoms with Gasteiger partial charge in [-0.3, -0.25) is 0 Å². The lowest BCUT2D eigenvalue weighted by Gasteiger charge is -2.16. The minimum atomic E-state index is 0.696. The first-order valence-electron chi connectivity index (χ1n) is 18.4. The average Bonchev–Trinajstić information content (AvgIpc) is 3.26. The summed E-state index contributed by atoms with van der Waals surface area (Å²) in [6.45, 7) is 0. The molecule has 0 unspecified atom stereocenters. The van der Waals surface area contributed by atoms with E-state index in [1.807, 2.05) is 18.2 Å². The molecule has 252 valence electrons. The van der Waals surface area contributed by atoms with Gasteiger partial charge in [-0.15, -0.1) is 0 Å². The summed E-state index contributed by atoms with van der Waals surface area (Å²) in [7, 11) is 0. The zero-order chi connectivity index (χ0) is 35.8. The lowest BCUT2D eigenvalue weighted by molar-refractivity contribution is 1.18. The number of fused-ring (bicyclic) bond motifs is 4. The van der Waals surface area contributed by atoms with Crippen LogP contribution < -0.4 is 0 Å². The Bertz CT molecular complexity index is 2970. The minimum absolute atomic E-state index is 0.696. The van der Waals surface area contributed by atoms with Crippen LogP contribution in [0.15, 0.2) is 206 Å². The van der Waals surface area contributed by atoms with Gasteiger partial charge in [0, 0.05) is 16.7 Å². The van der Waals surface area contributed by atoms with Crippen LogP contribution in [0.2, 0.25) is 0 Å². The van der Waals surface area contributed by atoms with Crippen molar-refractivity contribution in [3.63, 3.8) is 0 Å². The van der Waals surface area contributed by atoms with Gasteiger partial charge in [-0.25, -0.2) is 9.97 Å². The van der Waals surface area contributed by atoms with Crippen molar-refractivity contribution in [2.75, 3.05) is 0 Å². The van der Waals surface area contributed by atoms with Gasteiger partial charge in [-0.2, -0.15) is 0 Å². The molecule has 0 atom stereocenters. The molecule has 0 bridgehead atoms. The van der Waals surface area contributed by atoms with Gasteiger partial charge in [0.05, 0.1) is 11.4 Å². The van der Waals surface area contributed by atoms with E-state index >= 15 is 0 Å². The number of rotatable bonds is 6. The molecule has 0 aliphatic carbocycles. The molecule has 0 saturated heterocycles. The summed E-state index contributed by atoms with van der Waals surface area (Å²) in [5.41, 5.74) is 11.8. The fourth-order valence-corrected chi connectivity index (χ4v) is 7.85. The Morgan fingerprint density at radius 2 is 0.870 bits per heavy atom. The molecule has 0 saturated carbocycles. The Hall–Kier alpha value is -7.16. The molecule has 0 amide bonds. The number of hydrogen-bond donors (Lipinski definition) is 0. The van der Waals surface area contributed by atoms with Crippen LogP contribution >= 0.6 is 0 Å². The van der Waals surface area contributed by atoms with Gasteiger partial charge in [-0.05, 0) is 90.0 Å². The Kier molecular flexibility index (Phi) is 7.85. The zero-order valence-corrected chi connectivity index (χ0v) is 29.5. The molecule has 2 nitrogen and oxygen atoms in total. The lowest BCUT2D eigenvalue weighted by atomic mass is 9.89. The molecular formula is C52H34N2. The Balaban J connectivity index is 1.19. The highest BCUT2D eigenvalue weighted by atomic mass is 14.9. The van der Waals surface area contributed by atoms with Gasteiger partial charge >= 0.3 is 0 Å². The van der Waals surface area contributed by atoms with Crippen molar-refractivity contribution in [1.82, 2.24) is 9.97 Å². The van der Waals surface area contributed by atoms with Crippen molar-refractivity contribution < 1.29 is 0 Å². The third kappa shape index (κ3) is 5.71. The topological polar surface area (TPSA) is 25.8 Å². The van der Waals surface area contributed by atoms with E-state index < -0.39 is 0 Å². The molecule has 0 N–H and O–H groups in total. The van der Waals surface area contributed by atoms with Crippen molar-refractivity contribution in [1.29, 1.82) is 0 Å². The molecule has 54 heavy (non-hydrogen) atoms. The minimum Gasteiger partial charge on any atom is -0.228 e. The second kappa shape index (κ2) is 13.4. The van der Waals surface area contributed by atoms with E-state index in [4.69, 9.17) is 9.97 Å². The van der Waals surface area contributed by atoms with Crippen LogP contribution in [-0.4, -0.2) is 9.97 Å². The fourth-order valence-electron chi connectivity index (χ4n) is 7.85. The van der Waals surface area contributed by atoms with Gasteiger partial charge in [0.2, 0.25) is 0 Å². The van der Waals surface area contributed by atoms with Crippen LogP contribution in [0.5, 0.6) is 0 Å². The normalized spacial score (nSPS) is 11.3. The highest BCUT2D eigenvalue weighted by Crippen LogP contribution is 2.41. The van der Waals surface area contributed by atoms with E-state index in [2.05, 4.69) is 188 Å².